The molecule has 0 heterocycles. The van der Waals surface area contributed by atoms with Crippen LogP contribution < -0.4 is 10.1 Å². The zero-order chi connectivity index (χ0) is 19.3. The molecule has 0 bridgehead atoms. The van der Waals surface area contributed by atoms with Crippen LogP contribution in [0.1, 0.15) is 18.1 Å². The van der Waals surface area contributed by atoms with Crippen molar-refractivity contribution in [1.82, 2.24) is 4.31 Å². The van der Waals surface area contributed by atoms with Crippen LogP contribution in [0.25, 0.3) is 0 Å². The lowest BCUT2D eigenvalue weighted by Gasteiger charge is -2.20. The van der Waals surface area contributed by atoms with Gasteiger partial charge in [0.1, 0.15) is 5.75 Å². The van der Waals surface area contributed by atoms with Crippen LogP contribution in [0.15, 0.2) is 47.4 Å². The SMILES string of the molecule is CCN(CC(=O)Nc1cc(C)ccc1OC)S(=O)(=O)c1ccc(C)cc1. The standard InChI is InChI=1S/C19H24N2O4S/c1-5-21(26(23,24)16-9-6-14(2)7-10-16)13-19(22)20-17-12-15(3)8-11-18(17)25-4/h6-12H,5,13H2,1-4H3,(H,20,22). The molecule has 0 fully saturated rings. The van der Waals surface area contributed by atoms with E-state index < -0.39 is 15.9 Å². The van der Waals surface area contributed by atoms with Gasteiger partial charge in [0.15, 0.2) is 0 Å². The van der Waals surface area contributed by atoms with Gasteiger partial charge in [0.05, 0.1) is 24.2 Å². The van der Waals surface area contributed by atoms with Gasteiger partial charge in [-0.2, -0.15) is 4.31 Å². The lowest BCUT2D eigenvalue weighted by Crippen LogP contribution is -2.37. The molecule has 0 radical (unpaired) electrons. The number of hydrogen-bond acceptors (Lipinski definition) is 4. The van der Waals surface area contributed by atoms with Gasteiger partial charge in [-0.05, 0) is 43.7 Å². The predicted octanol–water partition coefficient (Wildman–Crippen LogP) is 2.96. The number of carbonyl (C=O) groups excluding carboxylic acids is 1. The first-order valence-corrected chi connectivity index (χ1v) is 9.73. The second kappa shape index (κ2) is 8.33. The van der Waals surface area contributed by atoms with E-state index in [1.807, 2.05) is 19.9 Å². The zero-order valence-corrected chi connectivity index (χ0v) is 16.3. The Morgan fingerprint density at radius 3 is 2.27 bits per heavy atom. The second-order valence-electron chi connectivity index (χ2n) is 6.00. The number of likely N-dealkylation sites (N-methyl/N-ethyl adjacent to an activating group) is 1. The molecule has 6 nitrogen and oxygen atoms in total. The summed E-state index contributed by atoms with van der Waals surface area (Å²) in [5, 5.41) is 2.73. The van der Waals surface area contributed by atoms with E-state index in [1.54, 1.807) is 43.3 Å². The molecule has 0 aliphatic carbocycles. The minimum atomic E-state index is -3.74. The van der Waals surface area contributed by atoms with E-state index in [2.05, 4.69) is 5.32 Å². The first-order valence-electron chi connectivity index (χ1n) is 8.29. The average molecular weight is 376 g/mol. The van der Waals surface area contributed by atoms with Crippen LogP contribution in [0.2, 0.25) is 0 Å². The highest BCUT2D eigenvalue weighted by atomic mass is 32.2. The molecule has 2 rings (SSSR count). The summed E-state index contributed by atoms with van der Waals surface area (Å²) >= 11 is 0. The number of nitrogens with one attached hydrogen (secondary N) is 1. The fourth-order valence-electron chi connectivity index (χ4n) is 2.50. The largest absolute Gasteiger partial charge is 0.495 e. The quantitative estimate of drug-likeness (QED) is 0.806. The summed E-state index contributed by atoms with van der Waals surface area (Å²) < 4.78 is 31.9. The number of ether oxygens (including phenoxy) is 1. The van der Waals surface area contributed by atoms with E-state index in [-0.39, 0.29) is 18.0 Å². The van der Waals surface area contributed by atoms with Crippen LogP contribution in [0.5, 0.6) is 5.75 Å². The molecule has 2 aromatic carbocycles. The van der Waals surface area contributed by atoms with Crippen molar-refractivity contribution in [3.63, 3.8) is 0 Å². The Kier molecular flexibility index (Phi) is 6.39. The Labute approximate surface area is 154 Å². The number of anilines is 1. The van der Waals surface area contributed by atoms with Crippen molar-refractivity contribution < 1.29 is 17.9 Å². The van der Waals surface area contributed by atoms with E-state index >= 15 is 0 Å². The Morgan fingerprint density at radius 2 is 1.69 bits per heavy atom. The summed E-state index contributed by atoms with van der Waals surface area (Å²) in [5.74, 6) is 0.0971. The van der Waals surface area contributed by atoms with E-state index in [0.29, 0.717) is 11.4 Å². The third-order valence-electron chi connectivity index (χ3n) is 3.96. The first kappa shape index (κ1) is 19.9. The number of aryl methyl sites for hydroxylation is 2. The Balaban J connectivity index is 2.18. The number of hydrogen-bond donors (Lipinski definition) is 1. The second-order valence-corrected chi connectivity index (χ2v) is 7.93. The van der Waals surface area contributed by atoms with Gasteiger partial charge < -0.3 is 10.1 Å². The predicted molar refractivity (Wildman–Crippen MR) is 102 cm³/mol. The molecule has 1 N–H and O–H groups in total. The van der Waals surface area contributed by atoms with Gasteiger partial charge in [0.25, 0.3) is 0 Å². The number of rotatable bonds is 7. The third-order valence-corrected chi connectivity index (χ3v) is 5.90. The summed E-state index contributed by atoms with van der Waals surface area (Å²) in [6, 6.07) is 12.0. The molecular formula is C19H24N2O4S. The molecule has 0 aliphatic heterocycles. The van der Waals surface area contributed by atoms with Gasteiger partial charge in [-0.25, -0.2) is 8.42 Å². The number of nitrogens with zero attached hydrogens (tertiary/aromatic N) is 1. The van der Waals surface area contributed by atoms with Gasteiger partial charge in [0, 0.05) is 6.54 Å². The molecule has 0 aliphatic rings. The number of benzene rings is 2. The van der Waals surface area contributed by atoms with Crippen molar-refractivity contribution in [2.45, 2.75) is 25.7 Å². The molecule has 0 saturated carbocycles. The molecule has 2 aromatic rings. The van der Waals surface area contributed by atoms with Gasteiger partial charge >= 0.3 is 0 Å². The van der Waals surface area contributed by atoms with Crippen LogP contribution in [0, 0.1) is 13.8 Å². The molecule has 0 atom stereocenters. The summed E-state index contributed by atoms with van der Waals surface area (Å²) in [6.07, 6.45) is 0. The van der Waals surface area contributed by atoms with Crippen LogP contribution in [0.3, 0.4) is 0 Å². The van der Waals surface area contributed by atoms with Crippen molar-refractivity contribution >= 4 is 21.6 Å². The van der Waals surface area contributed by atoms with Crippen LogP contribution >= 0.6 is 0 Å². The van der Waals surface area contributed by atoms with Crippen molar-refractivity contribution in [1.29, 1.82) is 0 Å². The lowest BCUT2D eigenvalue weighted by atomic mass is 10.2. The Morgan fingerprint density at radius 1 is 1.08 bits per heavy atom. The maximum absolute atomic E-state index is 12.8. The zero-order valence-electron chi connectivity index (χ0n) is 15.4. The van der Waals surface area contributed by atoms with Crippen molar-refractivity contribution in [2.24, 2.45) is 0 Å². The lowest BCUT2D eigenvalue weighted by molar-refractivity contribution is -0.116. The van der Waals surface area contributed by atoms with Gasteiger partial charge in [-0.3, -0.25) is 4.79 Å². The van der Waals surface area contributed by atoms with E-state index in [0.717, 1.165) is 15.4 Å². The van der Waals surface area contributed by atoms with Crippen molar-refractivity contribution in [2.75, 3.05) is 25.5 Å². The number of amides is 1. The topological polar surface area (TPSA) is 75.7 Å². The monoisotopic (exact) mass is 376 g/mol. The summed E-state index contributed by atoms with van der Waals surface area (Å²) in [7, 11) is -2.22. The van der Waals surface area contributed by atoms with E-state index in [9.17, 15) is 13.2 Å². The number of methoxy groups -OCH3 is 1. The van der Waals surface area contributed by atoms with Crippen molar-refractivity contribution in [3.05, 3.63) is 53.6 Å². The van der Waals surface area contributed by atoms with Crippen LogP contribution in [0.4, 0.5) is 5.69 Å². The molecule has 0 spiro atoms. The third kappa shape index (κ3) is 4.62. The maximum Gasteiger partial charge on any atom is 0.243 e. The molecule has 26 heavy (non-hydrogen) atoms. The summed E-state index contributed by atoms with van der Waals surface area (Å²) in [6.45, 7) is 5.40. The smallest absolute Gasteiger partial charge is 0.243 e. The van der Waals surface area contributed by atoms with Gasteiger partial charge in [0.2, 0.25) is 15.9 Å². The van der Waals surface area contributed by atoms with Gasteiger partial charge in [-0.15, -0.1) is 0 Å². The molecule has 1 amide bonds. The normalized spacial score (nSPS) is 11.4. The summed E-state index contributed by atoms with van der Waals surface area (Å²) in [4.78, 5) is 12.6. The Bertz CT molecular complexity index is 877. The van der Waals surface area contributed by atoms with Crippen molar-refractivity contribution in [3.8, 4) is 5.75 Å². The molecule has 0 unspecified atom stereocenters. The highest BCUT2D eigenvalue weighted by Gasteiger charge is 2.25. The molecule has 0 aromatic heterocycles. The van der Waals surface area contributed by atoms with E-state index in [1.165, 1.54) is 7.11 Å². The fraction of sp³-hybridized carbons (Fsp3) is 0.316. The van der Waals surface area contributed by atoms with E-state index in [4.69, 9.17) is 4.74 Å². The minimum absolute atomic E-state index is 0.172. The Hall–Kier alpha value is -2.38. The maximum atomic E-state index is 12.8. The average Bonchev–Trinajstić information content (AvgIpc) is 2.60. The number of carbonyl (C=O) groups is 1. The molecule has 0 saturated heterocycles. The highest BCUT2D eigenvalue weighted by molar-refractivity contribution is 7.89. The molecule has 140 valence electrons. The molecule has 7 heteroatoms. The summed E-state index contributed by atoms with van der Waals surface area (Å²) in [5.41, 5.74) is 2.44. The first-order chi connectivity index (χ1) is 12.3. The van der Waals surface area contributed by atoms with Gasteiger partial charge in [-0.1, -0.05) is 30.7 Å². The highest BCUT2D eigenvalue weighted by Crippen LogP contribution is 2.25. The fourth-order valence-corrected chi connectivity index (χ4v) is 3.90. The molecular weight excluding hydrogens is 352 g/mol. The van der Waals surface area contributed by atoms with Crippen LogP contribution in [-0.4, -0.2) is 38.8 Å². The minimum Gasteiger partial charge on any atom is -0.495 e. The van der Waals surface area contributed by atoms with Crippen LogP contribution in [-0.2, 0) is 14.8 Å². The number of sulfonamides is 1.